The Bertz CT molecular complexity index is 353. The third-order valence-corrected chi connectivity index (χ3v) is 2.42. The minimum Gasteiger partial charge on any atom is -0.465 e. The number of carbonyl (C=O) groups excluding carboxylic acids is 1. The Hall–Kier alpha value is -0.845. The molecule has 14 heavy (non-hydrogen) atoms. The molecule has 0 aromatic heterocycles. The first-order chi connectivity index (χ1) is 6.56. The maximum atomic E-state index is 11.1. The number of halogens is 1. The maximum absolute atomic E-state index is 11.1. The highest BCUT2D eigenvalue weighted by molar-refractivity contribution is 9.10. The molecule has 0 atom stereocenters. The summed E-state index contributed by atoms with van der Waals surface area (Å²) in [6.07, 6.45) is 0. The molecule has 0 saturated heterocycles. The van der Waals surface area contributed by atoms with E-state index in [1.165, 1.54) is 19.2 Å². The highest BCUT2D eigenvalue weighted by atomic mass is 79.9. The largest absolute Gasteiger partial charge is 0.489 e. The van der Waals surface area contributed by atoms with Gasteiger partial charge in [0.15, 0.2) is 0 Å². The van der Waals surface area contributed by atoms with Gasteiger partial charge in [-0.2, -0.15) is 0 Å². The second kappa shape index (κ2) is 4.59. The lowest BCUT2D eigenvalue weighted by molar-refractivity contribution is 0.0601. The summed E-state index contributed by atoms with van der Waals surface area (Å²) < 4.78 is 5.02. The maximum Gasteiger partial charge on any atom is 0.489 e. The van der Waals surface area contributed by atoms with Crippen LogP contribution >= 0.6 is 15.9 Å². The van der Waals surface area contributed by atoms with Gasteiger partial charge >= 0.3 is 13.1 Å². The Morgan fingerprint density at radius 1 is 1.50 bits per heavy atom. The standard InChI is InChI=1S/C8H8BBrO4/c1-14-8(11)5-2-3-7(10)6(4-5)9(12)13/h2-4,12-13H,1H3. The molecule has 0 amide bonds. The normalized spacial score (nSPS) is 9.71. The van der Waals surface area contributed by atoms with E-state index in [-0.39, 0.29) is 11.0 Å². The molecule has 0 saturated carbocycles. The summed E-state index contributed by atoms with van der Waals surface area (Å²) in [7, 11) is -0.353. The van der Waals surface area contributed by atoms with Gasteiger partial charge in [0.05, 0.1) is 12.7 Å². The summed E-state index contributed by atoms with van der Waals surface area (Å²) in [6.45, 7) is 0. The molecule has 1 aromatic rings. The molecule has 0 unspecified atom stereocenters. The fourth-order valence-corrected chi connectivity index (χ4v) is 1.44. The molecular weight excluding hydrogens is 251 g/mol. The zero-order chi connectivity index (χ0) is 10.7. The molecule has 0 bridgehead atoms. The van der Waals surface area contributed by atoms with Crippen LogP contribution in [0.15, 0.2) is 22.7 Å². The minimum absolute atomic E-state index is 0.230. The van der Waals surface area contributed by atoms with Crippen LogP contribution in [0, 0.1) is 0 Å². The van der Waals surface area contributed by atoms with E-state index in [4.69, 9.17) is 10.0 Å². The lowest BCUT2D eigenvalue weighted by atomic mass is 9.79. The summed E-state index contributed by atoms with van der Waals surface area (Å²) >= 11 is 3.13. The number of hydrogen-bond acceptors (Lipinski definition) is 4. The van der Waals surface area contributed by atoms with Gasteiger partial charge in [-0.1, -0.05) is 15.9 Å². The summed E-state index contributed by atoms with van der Waals surface area (Å²) in [5, 5.41) is 17.9. The Morgan fingerprint density at radius 3 is 2.64 bits per heavy atom. The van der Waals surface area contributed by atoms with Gasteiger partial charge in [-0.3, -0.25) is 0 Å². The second-order valence-corrected chi connectivity index (χ2v) is 3.46. The molecule has 0 radical (unpaired) electrons. The third kappa shape index (κ3) is 2.34. The van der Waals surface area contributed by atoms with Gasteiger partial charge in [0.25, 0.3) is 0 Å². The summed E-state index contributed by atoms with van der Waals surface area (Å²) in [6, 6.07) is 4.45. The molecule has 0 fully saturated rings. The molecule has 6 heteroatoms. The Balaban J connectivity index is 3.13. The highest BCUT2D eigenvalue weighted by Crippen LogP contribution is 2.09. The predicted octanol–water partition coefficient (Wildman–Crippen LogP) is -0.0845. The topological polar surface area (TPSA) is 66.8 Å². The molecule has 74 valence electrons. The van der Waals surface area contributed by atoms with Crippen LogP contribution in [0.3, 0.4) is 0 Å². The van der Waals surface area contributed by atoms with Gasteiger partial charge in [-0.15, -0.1) is 0 Å². The van der Waals surface area contributed by atoms with Gasteiger partial charge < -0.3 is 14.8 Å². The zero-order valence-corrected chi connectivity index (χ0v) is 8.98. The van der Waals surface area contributed by atoms with Crippen molar-refractivity contribution < 1.29 is 19.6 Å². The molecule has 1 aromatic carbocycles. The summed E-state index contributed by atoms with van der Waals surface area (Å²) in [5.41, 5.74) is 0.506. The van der Waals surface area contributed by atoms with Crippen molar-refractivity contribution in [3.05, 3.63) is 28.2 Å². The van der Waals surface area contributed by atoms with Crippen molar-refractivity contribution in [2.24, 2.45) is 0 Å². The van der Waals surface area contributed by atoms with Crippen LogP contribution in [-0.4, -0.2) is 30.2 Å². The van der Waals surface area contributed by atoms with E-state index in [0.717, 1.165) is 0 Å². The van der Waals surface area contributed by atoms with E-state index >= 15 is 0 Å². The second-order valence-electron chi connectivity index (χ2n) is 2.60. The number of methoxy groups -OCH3 is 1. The minimum atomic E-state index is -1.62. The number of rotatable bonds is 2. The highest BCUT2D eigenvalue weighted by Gasteiger charge is 2.17. The first-order valence-corrected chi connectivity index (χ1v) is 4.59. The molecule has 0 aliphatic carbocycles. The fourth-order valence-electron chi connectivity index (χ4n) is 0.986. The summed E-state index contributed by atoms with van der Waals surface area (Å²) in [4.78, 5) is 11.1. The quantitative estimate of drug-likeness (QED) is 0.575. The molecule has 2 N–H and O–H groups in total. The smallest absolute Gasteiger partial charge is 0.465 e. The molecule has 4 nitrogen and oxygen atoms in total. The van der Waals surface area contributed by atoms with Crippen LogP contribution in [0.4, 0.5) is 0 Å². The molecule has 0 spiro atoms. The molecular formula is C8H8BBrO4. The lowest BCUT2D eigenvalue weighted by Gasteiger charge is -2.05. The van der Waals surface area contributed by atoms with Crippen molar-refractivity contribution in [2.75, 3.05) is 7.11 Å². The van der Waals surface area contributed by atoms with Crippen molar-refractivity contribution in [1.82, 2.24) is 0 Å². The van der Waals surface area contributed by atoms with Crippen LogP contribution in [-0.2, 0) is 4.74 Å². The van der Waals surface area contributed by atoms with Crippen LogP contribution < -0.4 is 5.46 Å². The Labute approximate surface area is 89.8 Å². The number of hydrogen-bond donors (Lipinski definition) is 2. The van der Waals surface area contributed by atoms with E-state index in [0.29, 0.717) is 4.47 Å². The van der Waals surface area contributed by atoms with Crippen molar-refractivity contribution in [2.45, 2.75) is 0 Å². The zero-order valence-electron chi connectivity index (χ0n) is 7.40. The van der Waals surface area contributed by atoms with Gasteiger partial charge in [0.1, 0.15) is 0 Å². The van der Waals surface area contributed by atoms with Gasteiger partial charge in [0, 0.05) is 4.47 Å². The van der Waals surface area contributed by atoms with Crippen molar-refractivity contribution in [1.29, 1.82) is 0 Å². The molecule has 0 heterocycles. The first kappa shape index (κ1) is 11.2. The monoisotopic (exact) mass is 258 g/mol. The molecule has 0 aliphatic heterocycles. The van der Waals surface area contributed by atoms with E-state index in [2.05, 4.69) is 20.7 Å². The van der Waals surface area contributed by atoms with Gasteiger partial charge in [0.2, 0.25) is 0 Å². The van der Waals surface area contributed by atoms with E-state index in [1.807, 2.05) is 0 Å². The van der Waals surface area contributed by atoms with Crippen molar-refractivity contribution in [3.63, 3.8) is 0 Å². The van der Waals surface area contributed by atoms with Gasteiger partial charge in [-0.25, -0.2) is 4.79 Å². The van der Waals surface area contributed by atoms with E-state index in [9.17, 15) is 4.79 Å². The number of benzene rings is 1. The van der Waals surface area contributed by atoms with Crippen molar-refractivity contribution >= 4 is 34.5 Å². The van der Waals surface area contributed by atoms with Crippen LogP contribution in [0.25, 0.3) is 0 Å². The average Bonchev–Trinajstić information content (AvgIpc) is 2.17. The fraction of sp³-hybridized carbons (Fsp3) is 0.125. The van der Waals surface area contributed by atoms with Crippen LogP contribution in [0.5, 0.6) is 0 Å². The molecule has 0 aliphatic rings. The third-order valence-electron chi connectivity index (χ3n) is 1.70. The first-order valence-electron chi connectivity index (χ1n) is 3.80. The van der Waals surface area contributed by atoms with Crippen LogP contribution in [0.2, 0.25) is 0 Å². The Kier molecular flexibility index (Phi) is 3.68. The number of carbonyl (C=O) groups is 1. The average molecular weight is 259 g/mol. The Morgan fingerprint density at radius 2 is 2.14 bits per heavy atom. The van der Waals surface area contributed by atoms with E-state index < -0.39 is 13.1 Å². The van der Waals surface area contributed by atoms with E-state index in [1.54, 1.807) is 6.07 Å². The lowest BCUT2D eigenvalue weighted by Crippen LogP contribution is -2.31. The summed E-state index contributed by atoms with van der Waals surface area (Å²) in [5.74, 6) is -0.514. The predicted molar refractivity (Wildman–Crippen MR) is 55.3 cm³/mol. The SMILES string of the molecule is COC(=O)c1ccc(Br)c(B(O)O)c1. The number of esters is 1. The van der Waals surface area contributed by atoms with Crippen LogP contribution in [0.1, 0.15) is 10.4 Å². The van der Waals surface area contributed by atoms with Crippen molar-refractivity contribution in [3.8, 4) is 0 Å². The van der Waals surface area contributed by atoms with Gasteiger partial charge in [-0.05, 0) is 23.7 Å². The molecule has 1 rings (SSSR count). The number of ether oxygens (including phenoxy) is 1.